The number of carbonyl (C=O) groups excluding carboxylic acids is 2. The second-order valence-corrected chi connectivity index (χ2v) is 5.39. The highest BCUT2D eigenvalue weighted by atomic mass is 16.6. The lowest BCUT2D eigenvalue weighted by Gasteiger charge is -2.22. The van der Waals surface area contributed by atoms with E-state index in [-0.39, 0.29) is 18.6 Å². The van der Waals surface area contributed by atoms with E-state index < -0.39 is 18.1 Å². The standard InChI is InChI=1S/C15H25N3O4/c1-5-21-15(20)17-13(11(2)3)14(19)22-12(4)7-10-18-9-6-8-16-18/h6,8-9,11-13H,5,7,10H2,1-4H3,(H,17,20). The molecule has 1 amide bonds. The Balaban J connectivity index is 2.46. The summed E-state index contributed by atoms with van der Waals surface area (Å²) in [6.45, 7) is 8.13. The van der Waals surface area contributed by atoms with E-state index in [1.165, 1.54) is 0 Å². The Bertz CT molecular complexity index is 459. The maximum absolute atomic E-state index is 12.2. The molecule has 1 heterocycles. The van der Waals surface area contributed by atoms with Crippen molar-refractivity contribution in [3.63, 3.8) is 0 Å². The monoisotopic (exact) mass is 311 g/mol. The zero-order valence-corrected chi connectivity index (χ0v) is 13.6. The summed E-state index contributed by atoms with van der Waals surface area (Å²) in [5.74, 6) is -0.536. The highest BCUT2D eigenvalue weighted by molar-refractivity contribution is 5.81. The van der Waals surface area contributed by atoms with Crippen LogP contribution in [-0.2, 0) is 20.8 Å². The van der Waals surface area contributed by atoms with E-state index in [2.05, 4.69) is 10.4 Å². The molecule has 0 aromatic carbocycles. The molecule has 22 heavy (non-hydrogen) atoms. The molecule has 1 rings (SSSR count). The van der Waals surface area contributed by atoms with Gasteiger partial charge in [0.1, 0.15) is 12.1 Å². The van der Waals surface area contributed by atoms with Crippen LogP contribution in [0.25, 0.3) is 0 Å². The van der Waals surface area contributed by atoms with Crippen molar-refractivity contribution in [2.45, 2.75) is 52.8 Å². The molecule has 7 heteroatoms. The molecule has 0 aliphatic carbocycles. The molecule has 7 nitrogen and oxygen atoms in total. The van der Waals surface area contributed by atoms with Gasteiger partial charge >= 0.3 is 12.1 Å². The molecule has 1 aromatic heterocycles. The molecule has 0 aliphatic heterocycles. The van der Waals surface area contributed by atoms with Crippen LogP contribution in [0.3, 0.4) is 0 Å². The fourth-order valence-corrected chi connectivity index (χ4v) is 1.87. The van der Waals surface area contributed by atoms with Crippen LogP contribution in [0.1, 0.15) is 34.1 Å². The number of amides is 1. The maximum Gasteiger partial charge on any atom is 0.407 e. The largest absolute Gasteiger partial charge is 0.461 e. The summed E-state index contributed by atoms with van der Waals surface area (Å²) >= 11 is 0. The van der Waals surface area contributed by atoms with E-state index in [1.54, 1.807) is 17.8 Å². The Morgan fingerprint density at radius 1 is 1.32 bits per heavy atom. The first-order valence-corrected chi connectivity index (χ1v) is 7.55. The van der Waals surface area contributed by atoms with Gasteiger partial charge in [-0.25, -0.2) is 9.59 Å². The summed E-state index contributed by atoms with van der Waals surface area (Å²) in [4.78, 5) is 23.7. The molecule has 2 unspecified atom stereocenters. The first-order valence-electron chi connectivity index (χ1n) is 7.55. The molecule has 0 saturated carbocycles. The number of nitrogens with one attached hydrogen (secondary N) is 1. The summed E-state index contributed by atoms with van der Waals surface area (Å²) < 4.78 is 12.0. The van der Waals surface area contributed by atoms with Gasteiger partial charge in [-0.15, -0.1) is 0 Å². The van der Waals surface area contributed by atoms with Crippen LogP contribution >= 0.6 is 0 Å². The highest BCUT2D eigenvalue weighted by Gasteiger charge is 2.27. The third kappa shape index (κ3) is 6.15. The number of hydrogen-bond donors (Lipinski definition) is 1. The summed E-state index contributed by atoms with van der Waals surface area (Å²) in [5.41, 5.74) is 0. The normalized spacial score (nSPS) is 13.5. The van der Waals surface area contributed by atoms with E-state index in [1.807, 2.05) is 33.0 Å². The summed E-state index contributed by atoms with van der Waals surface area (Å²) in [5, 5.41) is 6.63. The molecule has 124 valence electrons. The summed E-state index contributed by atoms with van der Waals surface area (Å²) in [6.07, 6.45) is 3.34. The van der Waals surface area contributed by atoms with Crippen LogP contribution in [0.5, 0.6) is 0 Å². The highest BCUT2D eigenvalue weighted by Crippen LogP contribution is 2.08. The van der Waals surface area contributed by atoms with Crippen molar-refractivity contribution in [1.82, 2.24) is 15.1 Å². The molecule has 2 atom stereocenters. The van der Waals surface area contributed by atoms with Crippen molar-refractivity contribution in [2.24, 2.45) is 5.92 Å². The van der Waals surface area contributed by atoms with Gasteiger partial charge in [-0.1, -0.05) is 13.8 Å². The molecular formula is C15H25N3O4. The minimum absolute atomic E-state index is 0.0878. The number of esters is 1. The number of nitrogens with zero attached hydrogens (tertiary/aromatic N) is 2. The average molecular weight is 311 g/mol. The van der Waals surface area contributed by atoms with Gasteiger partial charge in [0.25, 0.3) is 0 Å². The van der Waals surface area contributed by atoms with Gasteiger partial charge in [0.2, 0.25) is 0 Å². The molecule has 0 bridgehead atoms. The summed E-state index contributed by atoms with van der Waals surface area (Å²) in [7, 11) is 0. The van der Waals surface area contributed by atoms with Crippen molar-refractivity contribution in [3.05, 3.63) is 18.5 Å². The maximum atomic E-state index is 12.2. The lowest BCUT2D eigenvalue weighted by molar-refractivity contribution is -0.152. The van der Waals surface area contributed by atoms with E-state index in [0.29, 0.717) is 13.0 Å². The first-order chi connectivity index (χ1) is 10.4. The number of hydrogen-bond acceptors (Lipinski definition) is 5. The number of alkyl carbamates (subject to hydrolysis) is 1. The van der Waals surface area contributed by atoms with Crippen LogP contribution in [-0.4, -0.2) is 40.6 Å². The van der Waals surface area contributed by atoms with Crippen molar-refractivity contribution < 1.29 is 19.1 Å². The summed E-state index contributed by atoms with van der Waals surface area (Å²) in [6, 6.07) is 1.13. The van der Waals surface area contributed by atoms with E-state index in [9.17, 15) is 9.59 Å². The van der Waals surface area contributed by atoms with Crippen LogP contribution in [0.4, 0.5) is 4.79 Å². The van der Waals surface area contributed by atoms with E-state index in [4.69, 9.17) is 9.47 Å². The van der Waals surface area contributed by atoms with Crippen molar-refractivity contribution >= 4 is 12.1 Å². The molecule has 0 aliphatic rings. The molecule has 0 saturated heterocycles. The van der Waals surface area contributed by atoms with Crippen LogP contribution < -0.4 is 5.32 Å². The lowest BCUT2D eigenvalue weighted by atomic mass is 10.1. The Kier molecular flexibility index (Phi) is 7.42. The predicted molar refractivity (Wildman–Crippen MR) is 81.2 cm³/mol. The van der Waals surface area contributed by atoms with Crippen molar-refractivity contribution in [3.8, 4) is 0 Å². The SMILES string of the molecule is CCOC(=O)NC(C(=O)OC(C)CCn1cccn1)C(C)C. The van der Waals surface area contributed by atoms with Gasteiger partial charge in [0.05, 0.1) is 6.61 Å². The van der Waals surface area contributed by atoms with Gasteiger partial charge in [0.15, 0.2) is 0 Å². The van der Waals surface area contributed by atoms with Crippen molar-refractivity contribution in [2.75, 3.05) is 6.61 Å². The number of carbonyl (C=O) groups is 2. The molecule has 0 radical (unpaired) electrons. The number of rotatable bonds is 8. The second-order valence-electron chi connectivity index (χ2n) is 5.39. The molecule has 0 spiro atoms. The van der Waals surface area contributed by atoms with Crippen LogP contribution in [0.15, 0.2) is 18.5 Å². The quantitative estimate of drug-likeness (QED) is 0.742. The van der Waals surface area contributed by atoms with E-state index in [0.717, 1.165) is 0 Å². The zero-order chi connectivity index (χ0) is 16.5. The topological polar surface area (TPSA) is 82.5 Å². The minimum Gasteiger partial charge on any atom is -0.461 e. The van der Waals surface area contributed by atoms with Gasteiger partial charge in [-0.05, 0) is 25.8 Å². The lowest BCUT2D eigenvalue weighted by Crippen LogP contribution is -2.46. The fraction of sp³-hybridized carbons (Fsp3) is 0.667. The number of ether oxygens (including phenoxy) is 2. The number of aromatic nitrogens is 2. The number of aryl methyl sites for hydroxylation is 1. The van der Waals surface area contributed by atoms with Gasteiger partial charge < -0.3 is 14.8 Å². The third-order valence-corrected chi connectivity index (χ3v) is 3.11. The molecule has 0 fully saturated rings. The Hall–Kier alpha value is -2.05. The second kappa shape index (κ2) is 9.07. The average Bonchev–Trinajstić information content (AvgIpc) is 2.95. The first kappa shape index (κ1) is 18.0. The Labute approximate surface area is 131 Å². The molecule has 1 aromatic rings. The zero-order valence-electron chi connectivity index (χ0n) is 13.6. The Morgan fingerprint density at radius 2 is 2.05 bits per heavy atom. The van der Waals surface area contributed by atoms with Gasteiger partial charge in [0, 0.05) is 25.4 Å². The molecule has 1 N–H and O–H groups in total. The smallest absolute Gasteiger partial charge is 0.407 e. The Morgan fingerprint density at radius 3 is 2.59 bits per heavy atom. The van der Waals surface area contributed by atoms with Crippen LogP contribution in [0.2, 0.25) is 0 Å². The van der Waals surface area contributed by atoms with Crippen LogP contribution in [0, 0.1) is 5.92 Å². The minimum atomic E-state index is -0.716. The molecular weight excluding hydrogens is 286 g/mol. The van der Waals surface area contributed by atoms with Gasteiger partial charge in [-0.2, -0.15) is 5.10 Å². The predicted octanol–water partition coefficient (Wildman–Crippen LogP) is 1.98. The fourth-order valence-electron chi connectivity index (χ4n) is 1.87. The third-order valence-electron chi connectivity index (χ3n) is 3.11. The van der Waals surface area contributed by atoms with Gasteiger partial charge in [-0.3, -0.25) is 4.68 Å². The van der Waals surface area contributed by atoms with Crippen molar-refractivity contribution in [1.29, 1.82) is 0 Å². The van der Waals surface area contributed by atoms with E-state index >= 15 is 0 Å².